The van der Waals surface area contributed by atoms with Gasteiger partial charge in [-0.15, -0.1) is 0 Å². The second kappa shape index (κ2) is 6.36. The number of hydrazine groups is 1. The maximum Gasteiger partial charge on any atom is 0.235 e. The van der Waals surface area contributed by atoms with Crippen molar-refractivity contribution in [1.82, 2.24) is 10.4 Å². The summed E-state index contributed by atoms with van der Waals surface area (Å²) in [6.07, 6.45) is 3.97. The molecular formula is C13H27N3O. The molecule has 100 valence electrons. The molecule has 3 atom stereocenters. The highest BCUT2D eigenvalue weighted by molar-refractivity contribution is 5.76. The first-order valence-electron chi connectivity index (χ1n) is 6.75. The third kappa shape index (κ3) is 4.28. The van der Waals surface area contributed by atoms with Gasteiger partial charge in [0.15, 0.2) is 0 Å². The van der Waals surface area contributed by atoms with Gasteiger partial charge in [0, 0.05) is 24.5 Å². The Morgan fingerprint density at radius 3 is 2.35 bits per heavy atom. The molecule has 0 aromatic heterocycles. The standard InChI is InChI=1S/C13H27N3O/c1-9(2)12(14)8-13(17)15-16-10(3)6-5-7-11(16)4/h9-12H,5-8,14H2,1-4H3,(H,15,17). The predicted octanol–water partition coefficient (Wildman–Crippen LogP) is 1.65. The molecule has 4 heteroatoms. The molecular weight excluding hydrogens is 214 g/mol. The summed E-state index contributed by atoms with van der Waals surface area (Å²) in [4.78, 5) is 11.9. The summed E-state index contributed by atoms with van der Waals surface area (Å²) in [5, 5.41) is 2.10. The van der Waals surface area contributed by atoms with Crippen LogP contribution in [-0.2, 0) is 4.79 Å². The molecule has 0 bridgehead atoms. The molecule has 0 spiro atoms. The Morgan fingerprint density at radius 1 is 1.35 bits per heavy atom. The first kappa shape index (κ1) is 14.5. The van der Waals surface area contributed by atoms with Crippen molar-refractivity contribution in [3.8, 4) is 0 Å². The van der Waals surface area contributed by atoms with Crippen molar-refractivity contribution >= 4 is 5.91 Å². The summed E-state index contributed by atoms with van der Waals surface area (Å²) in [6, 6.07) is 0.807. The first-order valence-corrected chi connectivity index (χ1v) is 6.75. The maximum atomic E-state index is 11.9. The fourth-order valence-corrected chi connectivity index (χ4v) is 2.28. The van der Waals surface area contributed by atoms with Crippen molar-refractivity contribution in [2.24, 2.45) is 11.7 Å². The largest absolute Gasteiger partial charge is 0.327 e. The Balaban J connectivity index is 2.44. The van der Waals surface area contributed by atoms with Gasteiger partial charge < -0.3 is 5.73 Å². The van der Waals surface area contributed by atoms with Crippen LogP contribution in [0.3, 0.4) is 0 Å². The minimum absolute atomic E-state index is 0.0480. The molecule has 0 radical (unpaired) electrons. The number of rotatable bonds is 4. The number of hydrogen-bond acceptors (Lipinski definition) is 3. The summed E-state index contributed by atoms with van der Waals surface area (Å²) < 4.78 is 0. The van der Waals surface area contributed by atoms with Gasteiger partial charge in [-0.1, -0.05) is 20.3 Å². The highest BCUT2D eigenvalue weighted by Gasteiger charge is 2.26. The molecule has 1 aliphatic rings. The Hall–Kier alpha value is -0.610. The molecule has 1 heterocycles. The normalized spacial score (nSPS) is 28.1. The van der Waals surface area contributed by atoms with E-state index in [2.05, 4.69) is 24.3 Å². The van der Waals surface area contributed by atoms with Gasteiger partial charge in [-0.05, 0) is 32.6 Å². The second-order valence-electron chi connectivity index (χ2n) is 5.68. The molecule has 17 heavy (non-hydrogen) atoms. The van der Waals surface area contributed by atoms with Gasteiger partial charge >= 0.3 is 0 Å². The lowest BCUT2D eigenvalue weighted by molar-refractivity contribution is -0.129. The second-order valence-corrected chi connectivity index (χ2v) is 5.68. The third-order valence-corrected chi connectivity index (χ3v) is 3.72. The van der Waals surface area contributed by atoms with Crippen molar-refractivity contribution in [3.63, 3.8) is 0 Å². The van der Waals surface area contributed by atoms with Gasteiger partial charge in [-0.3, -0.25) is 10.2 Å². The lowest BCUT2D eigenvalue weighted by Gasteiger charge is -2.39. The maximum absolute atomic E-state index is 11.9. The molecule has 0 aromatic rings. The van der Waals surface area contributed by atoms with Crippen LogP contribution in [0.1, 0.15) is 53.4 Å². The minimum Gasteiger partial charge on any atom is -0.327 e. The number of amides is 1. The van der Waals surface area contributed by atoms with E-state index in [4.69, 9.17) is 5.73 Å². The molecule has 0 aromatic carbocycles. The van der Waals surface area contributed by atoms with Gasteiger partial charge in [0.25, 0.3) is 0 Å². The number of carbonyl (C=O) groups is 1. The number of piperidine rings is 1. The predicted molar refractivity (Wildman–Crippen MR) is 70.2 cm³/mol. The number of carbonyl (C=O) groups excluding carboxylic acids is 1. The van der Waals surface area contributed by atoms with Crippen LogP contribution >= 0.6 is 0 Å². The molecule has 3 N–H and O–H groups in total. The molecule has 0 aliphatic carbocycles. The van der Waals surface area contributed by atoms with Crippen LogP contribution in [0.15, 0.2) is 0 Å². The Labute approximate surface area is 105 Å². The topological polar surface area (TPSA) is 58.4 Å². The zero-order valence-electron chi connectivity index (χ0n) is 11.6. The van der Waals surface area contributed by atoms with E-state index in [-0.39, 0.29) is 11.9 Å². The van der Waals surface area contributed by atoms with E-state index in [9.17, 15) is 4.79 Å². The quantitative estimate of drug-likeness (QED) is 0.787. The minimum atomic E-state index is -0.0506. The summed E-state index contributed by atoms with van der Waals surface area (Å²) in [5.41, 5.74) is 8.93. The van der Waals surface area contributed by atoms with Crippen LogP contribution in [0, 0.1) is 5.92 Å². The van der Waals surface area contributed by atoms with Crippen molar-refractivity contribution in [2.75, 3.05) is 0 Å². The average molecular weight is 241 g/mol. The number of nitrogens with zero attached hydrogens (tertiary/aromatic N) is 1. The summed E-state index contributed by atoms with van der Waals surface area (Å²) in [5.74, 6) is 0.392. The summed E-state index contributed by atoms with van der Waals surface area (Å²) in [7, 11) is 0. The lowest BCUT2D eigenvalue weighted by Crippen LogP contribution is -2.54. The van der Waals surface area contributed by atoms with Crippen LogP contribution in [0.25, 0.3) is 0 Å². The molecule has 4 nitrogen and oxygen atoms in total. The fraction of sp³-hybridized carbons (Fsp3) is 0.923. The van der Waals surface area contributed by atoms with E-state index in [1.54, 1.807) is 0 Å². The van der Waals surface area contributed by atoms with Gasteiger partial charge in [-0.25, -0.2) is 5.01 Å². The number of nitrogens with two attached hydrogens (primary N) is 1. The molecule has 1 aliphatic heterocycles. The van der Waals surface area contributed by atoms with Gasteiger partial charge in [0.2, 0.25) is 5.91 Å². The third-order valence-electron chi connectivity index (χ3n) is 3.72. The summed E-state index contributed by atoms with van der Waals surface area (Å²) >= 11 is 0. The average Bonchev–Trinajstić information content (AvgIpc) is 2.23. The Morgan fingerprint density at radius 2 is 1.88 bits per heavy atom. The first-order chi connectivity index (χ1) is 7.91. The van der Waals surface area contributed by atoms with Crippen molar-refractivity contribution in [2.45, 2.75) is 71.5 Å². The molecule has 1 saturated heterocycles. The summed E-state index contributed by atoms with van der Waals surface area (Å²) in [6.45, 7) is 8.42. The van der Waals surface area contributed by atoms with Crippen molar-refractivity contribution in [3.05, 3.63) is 0 Å². The smallest absolute Gasteiger partial charge is 0.235 e. The fourth-order valence-electron chi connectivity index (χ4n) is 2.28. The van der Waals surface area contributed by atoms with E-state index >= 15 is 0 Å². The van der Waals surface area contributed by atoms with Gasteiger partial charge in [0.05, 0.1) is 0 Å². The monoisotopic (exact) mass is 241 g/mol. The van der Waals surface area contributed by atoms with Crippen molar-refractivity contribution < 1.29 is 4.79 Å². The molecule has 1 fully saturated rings. The van der Waals surface area contributed by atoms with Crippen LogP contribution in [0.5, 0.6) is 0 Å². The molecule has 1 amide bonds. The molecule has 1 rings (SSSR count). The van der Waals surface area contributed by atoms with Gasteiger partial charge in [0.1, 0.15) is 0 Å². The number of hydrogen-bond donors (Lipinski definition) is 2. The van der Waals surface area contributed by atoms with Crippen LogP contribution in [-0.4, -0.2) is 29.0 Å². The highest BCUT2D eigenvalue weighted by Crippen LogP contribution is 2.20. The lowest BCUT2D eigenvalue weighted by atomic mass is 9.99. The molecule has 0 saturated carbocycles. The van der Waals surface area contributed by atoms with Gasteiger partial charge in [-0.2, -0.15) is 0 Å². The zero-order valence-corrected chi connectivity index (χ0v) is 11.6. The Bertz CT molecular complexity index is 245. The van der Waals surface area contributed by atoms with Crippen LogP contribution in [0.4, 0.5) is 0 Å². The van der Waals surface area contributed by atoms with E-state index in [1.807, 2.05) is 13.8 Å². The van der Waals surface area contributed by atoms with Crippen LogP contribution in [0.2, 0.25) is 0 Å². The number of nitrogens with one attached hydrogen (secondary N) is 1. The van der Waals surface area contributed by atoms with E-state index < -0.39 is 0 Å². The Kier molecular flexibility index (Phi) is 5.40. The zero-order chi connectivity index (χ0) is 13.0. The van der Waals surface area contributed by atoms with E-state index in [0.717, 1.165) is 12.8 Å². The van der Waals surface area contributed by atoms with E-state index in [1.165, 1.54) is 6.42 Å². The van der Waals surface area contributed by atoms with E-state index in [0.29, 0.717) is 24.4 Å². The van der Waals surface area contributed by atoms with Crippen LogP contribution < -0.4 is 11.2 Å². The SMILES string of the molecule is CC(C)C(N)CC(=O)NN1C(C)CCCC1C. The van der Waals surface area contributed by atoms with Crippen molar-refractivity contribution in [1.29, 1.82) is 0 Å². The highest BCUT2D eigenvalue weighted by atomic mass is 16.2. The molecule has 3 unspecified atom stereocenters.